The molecule has 5 nitrogen and oxygen atoms in total. The van der Waals surface area contributed by atoms with E-state index in [1.165, 1.54) is 0 Å². The number of ether oxygens (including phenoxy) is 2. The highest BCUT2D eigenvalue weighted by Gasteiger charge is 2.46. The first-order valence-corrected chi connectivity index (χ1v) is 7.91. The maximum atomic E-state index is 11.8. The van der Waals surface area contributed by atoms with Crippen LogP contribution in [0.3, 0.4) is 0 Å². The molecule has 22 heavy (non-hydrogen) atoms. The maximum absolute atomic E-state index is 11.8. The first-order chi connectivity index (χ1) is 10.2. The number of nitrogens with one attached hydrogen (secondary N) is 1. The number of carbonyl (C=O) groups excluding carboxylic acids is 2. The molecule has 0 spiro atoms. The zero-order valence-electron chi connectivity index (χ0n) is 12.9. The summed E-state index contributed by atoms with van der Waals surface area (Å²) in [6.07, 6.45) is 1.97. The van der Waals surface area contributed by atoms with Gasteiger partial charge in [-0.05, 0) is 51.8 Å². The average Bonchev–Trinajstić information content (AvgIpc) is 3.14. The number of alkyl carbamates (subject to hydrolysis) is 1. The lowest BCUT2D eigenvalue weighted by molar-refractivity contribution is 0.0476. The number of hydrogen-bond acceptors (Lipinski definition) is 4. The fourth-order valence-corrected chi connectivity index (χ4v) is 2.31. The second-order valence-corrected chi connectivity index (χ2v) is 7.41. The SMILES string of the molecule is CC(C)(C)OC(=O)NC1(COc2ccc(Br)cc2C=O)CC1. The molecule has 1 aliphatic rings. The molecule has 0 aromatic heterocycles. The second-order valence-electron chi connectivity index (χ2n) is 6.50. The molecule has 0 aliphatic heterocycles. The van der Waals surface area contributed by atoms with E-state index in [-0.39, 0.29) is 0 Å². The second kappa shape index (κ2) is 6.28. The molecule has 1 amide bonds. The predicted octanol–water partition coefficient (Wildman–Crippen LogP) is 3.70. The van der Waals surface area contributed by atoms with Gasteiger partial charge in [-0.1, -0.05) is 15.9 Å². The predicted molar refractivity (Wildman–Crippen MR) is 86.4 cm³/mol. The lowest BCUT2D eigenvalue weighted by Gasteiger charge is -2.23. The molecule has 2 rings (SSSR count). The molecule has 0 saturated heterocycles. The molecule has 0 unspecified atom stereocenters. The molecular formula is C16H20BrNO4. The summed E-state index contributed by atoms with van der Waals surface area (Å²) in [5, 5.41) is 2.86. The Labute approximate surface area is 138 Å². The Hall–Kier alpha value is -1.56. The van der Waals surface area contributed by atoms with Crippen molar-refractivity contribution in [3.8, 4) is 5.75 Å². The molecule has 1 fully saturated rings. The lowest BCUT2D eigenvalue weighted by Crippen LogP contribution is -2.44. The summed E-state index contributed by atoms with van der Waals surface area (Å²) in [6.45, 7) is 5.78. The van der Waals surface area contributed by atoms with Crippen LogP contribution in [0.15, 0.2) is 22.7 Å². The van der Waals surface area contributed by atoms with Gasteiger partial charge in [0.15, 0.2) is 6.29 Å². The topological polar surface area (TPSA) is 64.6 Å². The van der Waals surface area contributed by atoms with Crippen LogP contribution in [0.4, 0.5) is 4.79 Å². The largest absolute Gasteiger partial charge is 0.490 e. The summed E-state index contributed by atoms with van der Waals surface area (Å²) in [5.41, 5.74) is -0.449. The summed E-state index contributed by atoms with van der Waals surface area (Å²) < 4.78 is 11.8. The zero-order chi connectivity index (χ0) is 16.4. The molecular weight excluding hydrogens is 350 g/mol. The first kappa shape index (κ1) is 16.8. The Kier molecular flexibility index (Phi) is 4.80. The maximum Gasteiger partial charge on any atom is 0.408 e. The fraction of sp³-hybridized carbons (Fsp3) is 0.500. The van der Waals surface area contributed by atoms with Crippen LogP contribution >= 0.6 is 15.9 Å². The lowest BCUT2D eigenvalue weighted by atomic mass is 10.2. The van der Waals surface area contributed by atoms with E-state index >= 15 is 0 Å². The smallest absolute Gasteiger partial charge is 0.408 e. The highest BCUT2D eigenvalue weighted by atomic mass is 79.9. The molecule has 0 heterocycles. The molecule has 1 aliphatic carbocycles. The molecule has 0 bridgehead atoms. The summed E-state index contributed by atoms with van der Waals surface area (Å²) in [6, 6.07) is 5.24. The van der Waals surface area contributed by atoms with Crippen molar-refractivity contribution in [1.82, 2.24) is 5.32 Å². The van der Waals surface area contributed by atoms with Crippen LogP contribution in [0.2, 0.25) is 0 Å². The van der Waals surface area contributed by atoms with Gasteiger partial charge in [0.25, 0.3) is 0 Å². The minimum absolute atomic E-state index is 0.314. The van der Waals surface area contributed by atoms with Crippen molar-refractivity contribution in [1.29, 1.82) is 0 Å². The minimum Gasteiger partial charge on any atom is -0.490 e. The van der Waals surface area contributed by atoms with Gasteiger partial charge in [0, 0.05) is 4.47 Å². The van der Waals surface area contributed by atoms with Crippen molar-refractivity contribution in [3.63, 3.8) is 0 Å². The molecule has 1 saturated carbocycles. The minimum atomic E-state index is -0.530. The summed E-state index contributed by atoms with van der Waals surface area (Å²) in [4.78, 5) is 22.9. The van der Waals surface area contributed by atoms with Gasteiger partial charge in [0.2, 0.25) is 0 Å². The van der Waals surface area contributed by atoms with E-state index in [2.05, 4.69) is 21.2 Å². The van der Waals surface area contributed by atoms with Gasteiger partial charge in [-0.25, -0.2) is 4.79 Å². The number of carbonyl (C=O) groups is 2. The standard InChI is InChI=1S/C16H20BrNO4/c1-15(2,3)22-14(20)18-16(6-7-16)10-21-13-5-4-12(17)8-11(13)9-19/h4-5,8-9H,6-7,10H2,1-3H3,(H,18,20). The van der Waals surface area contributed by atoms with E-state index in [1.54, 1.807) is 12.1 Å². The van der Waals surface area contributed by atoms with Crippen LogP contribution < -0.4 is 10.1 Å². The number of hydrogen-bond donors (Lipinski definition) is 1. The number of aldehydes is 1. The molecule has 1 aromatic rings. The Bertz CT molecular complexity index is 576. The monoisotopic (exact) mass is 369 g/mol. The van der Waals surface area contributed by atoms with Gasteiger partial charge in [-0.2, -0.15) is 0 Å². The van der Waals surface area contributed by atoms with Gasteiger partial charge in [0.1, 0.15) is 18.0 Å². The highest BCUT2D eigenvalue weighted by molar-refractivity contribution is 9.10. The third-order valence-corrected chi connectivity index (χ3v) is 3.72. The third kappa shape index (κ3) is 4.73. The van der Waals surface area contributed by atoms with Crippen LogP contribution in [-0.2, 0) is 4.74 Å². The normalized spacial score (nSPS) is 15.8. The molecule has 1 aromatic carbocycles. The van der Waals surface area contributed by atoms with E-state index in [9.17, 15) is 9.59 Å². The van der Waals surface area contributed by atoms with E-state index in [1.807, 2.05) is 26.8 Å². The van der Waals surface area contributed by atoms with Crippen LogP contribution in [0.25, 0.3) is 0 Å². The Morgan fingerprint density at radius 2 is 2.09 bits per heavy atom. The van der Waals surface area contributed by atoms with Crippen molar-refractivity contribution in [2.24, 2.45) is 0 Å². The fourth-order valence-electron chi connectivity index (χ4n) is 1.94. The van der Waals surface area contributed by atoms with E-state index in [0.29, 0.717) is 17.9 Å². The van der Waals surface area contributed by atoms with Crippen molar-refractivity contribution < 1.29 is 19.1 Å². The van der Waals surface area contributed by atoms with Crippen LogP contribution in [0.5, 0.6) is 5.75 Å². The Balaban J connectivity index is 1.94. The van der Waals surface area contributed by atoms with Crippen molar-refractivity contribution in [2.45, 2.75) is 44.8 Å². The zero-order valence-corrected chi connectivity index (χ0v) is 14.5. The van der Waals surface area contributed by atoms with E-state index < -0.39 is 17.2 Å². The van der Waals surface area contributed by atoms with Crippen LogP contribution in [0, 0.1) is 0 Å². The number of halogens is 1. The average molecular weight is 370 g/mol. The van der Waals surface area contributed by atoms with Gasteiger partial charge < -0.3 is 14.8 Å². The van der Waals surface area contributed by atoms with Crippen molar-refractivity contribution >= 4 is 28.3 Å². The number of rotatable bonds is 5. The molecule has 1 N–H and O–H groups in total. The van der Waals surface area contributed by atoms with E-state index in [4.69, 9.17) is 9.47 Å². The van der Waals surface area contributed by atoms with Crippen molar-refractivity contribution in [3.05, 3.63) is 28.2 Å². The molecule has 0 radical (unpaired) electrons. The summed E-state index contributed by atoms with van der Waals surface area (Å²) >= 11 is 3.31. The van der Waals surface area contributed by atoms with Crippen molar-refractivity contribution in [2.75, 3.05) is 6.61 Å². The Morgan fingerprint density at radius 3 is 2.64 bits per heavy atom. The van der Waals surface area contributed by atoms with Gasteiger partial charge in [-0.3, -0.25) is 4.79 Å². The highest BCUT2D eigenvalue weighted by Crippen LogP contribution is 2.36. The molecule has 120 valence electrons. The Morgan fingerprint density at radius 1 is 1.41 bits per heavy atom. The van der Waals surface area contributed by atoms with Gasteiger partial charge in [0.05, 0.1) is 11.1 Å². The molecule has 6 heteroatoms. The quantitative estimate of drug-likeness (QED) is 0.803. The van der Waals surface area contributed by atoms with Crippen LogP contribution in [0.1, 0.15) is 44.0 Å². The van der Waals surface area contributed by atoms with E-state index in [0.717, 1.165) is 23.6 Å². The number of benzene rings is 1. The first-order valence-electron chi connectivity index (χ1n) is 7.12. The van der Waals surface area contributed by atoms with Gasteiger partial charge in [-0.15, -0.1) is 0 Å². The van der Waals surface area contributed by atoms with Gasteiger partial charge >= 0.3 is 6.09 Å². The van der Waals surface area contributed by atoms with Crippen LogP contribution in [-0.4, -0.2) is 30.1 Å². The summed E-state index contributed by atoms with van der Waals surface area (Å²) in [7, 11) is 0. The third-order valence-electron chi connectivity index (χ3n) is 3.22. The molecule has 0 atom stereocenters. The summed E-state index contributed by atoms with van der Waals surface area (Å²) in [5.74, 6) is 0.510. The number of amides is 1.